The maximum Gasteiger partial charge on any atom is 0.229 e. The van der Waals surface area contributed by atoms with Crippen LogP contribution in [0.15, 0.2) is 53.8 Å². The van der Waals surface area contributed by atoms with Gasteiger partial charge in [0.05, 0.1) is 5.92 Å². The van der Waals surface area contributed by atoms with Gasteiger partial charge in [0.25, 0.3) is 0 Å². The summed E-state index contributed by atoms with van der Waals surface area (Å²) < 4.78 is 28.1. The molecule has 6 nitrogen and oxygen atoms in total. The predicted molar refractivity (Wildman–Crippen MR) is 94.8 cm³/mol. The highest BCUT2D eigenvalue weighted by atomic mass is 32.2. The first-order valence-electron chi connectivity index (χ1n) is 7.98. The van der Waals surface area contributed by atoms with Gasteiger partial charge in [0.2, 0.25) is 20.8 Å². The van der Waals surface area contributed by atoms with Gasteiger partial charge in [-0.25, -0.2) is 8.42 Å². The van der Waals surface area contributed by atoms with Crippen LogP contribution < -0.4 is 0 Å². The van der Waals surface area contributed by atoms with Crippen LogP contribution in [0.1, 0.15) is 18.9 Å². The van der Waals surface area contributed by atoms with Crippen molar-refractivity contribution in [1.82, 2.24) is 4.90 Å². The summed E-state index contributed by atoms with van der Waals surface area (Å²) >= 11 is 0. The first-order valence-corrected chi connectivity index (χ1v) is 9.87. The van der Waals surface area contributed by atoms with Crippen LogP contribution in [0, 0.1) is 5.92 Å². The normalized spacial score (nSPS) is 19.8. The zero-order valence-corrected chi connectivity index (χ0v) is 15.2. The highest BCUT2D eigenvalue weighted by Crippen LogP contribution is 2.28. The Morgan fingerprint density at radius 3 is 2.64 bits per heavy atom. The number of nitrogens with zero attached hydrogens (tertiary/aromatic N) is 1. The number of amides is 1. The van der Waals surface area contributed by atoms with Gasteiger partial charge in [-0.1, -0.05) is 30.3 Å². The number of carbonyl (C=O) groups is 1. The van der Waals surface area contributed by atoms with Gasteiger partial charge in [0, 0.05) is 19.3 Å². The summed E-state index contributed by atoms with van der Waals surface area (Å²) in [5, 5.41) is 10.0. The van der Waals surface area contributed by atoms with Crippen molar-refractivity contribution >= 4 is 15.7 Å². The fourth-order valence-corrected chi connectivity index (χ4v) is 2.96. The Labute approximate surface area is 148 Å². The molecule has 1 saturated heterocycles. The van der Waals surface area contributed by atoms with Crippen LogP contribution in [-0.4, -0.2) is 43.2 Å². The van der Waals surface area contributed by atoms with Gasteiger partial charge in [-0.2, -0.15) is 0 Å². The van der Waals surface area contributed by atoms with E-state index in [1.54, 1.807) is 11.8 Å². The lowest BCUT2D eigenvalue weighted by atomic mass is 9.99. The third kappa shape index (κ3) is 4.70. The van der Waals surface area contributed by atoms with Crippen molar-refractivity contribution in [2.24, 2.45) is 5.92 Å². The minimum Gasteiger partial charge on any atom is -0.448 e. The van der Waals surface area contributed by atoms with E-state index < -0.39 is 27.0 Å². The predicted octanol–water partition coefficient (Wildman–Crippen LogP) is 1.83. The third-order valence-electron chi connectivity index (χ3n) is 4.16. The number of likely N-dealkylation sites (tertiary alicyclic amines) is 1. The molecule has 2 unspecified atom stereocenters. The molecule has 1 aliphatic heterocycles. The van der Waals surface area contributed by atoms with Gasteiger partial charge in [0.1, 0.15) is 11.9 Å². The second-order valence-corrected chi connectivity index (χ2v) is 8.02. The SMILES string of the molecule is C=C(O/C(=C\C)C(O)C1CCN(Cc2ccccc2)C1=O)S(C)(=O)=O. The number of sulfone groups is 1. The van der Waals surface area contributed by atoms with Crippen LogP contribution in [0.25, 0.3) is 0 Å². The lowest BCUT2D eigenvalue weighted by Crippen LogP contribution is -2.33. The molecule has 7 heteroatoms. The van der Waals surface area contributed by atoms with Crippen molar-refractivity contribution in [3.63, 3.8) is 0 Å². The van der Waals surface area contributed by atoms with Crippen molar-refractivity contribution in [2.45, 2.75) is 26.0 Å². The van der Waals surface area contributed by atoms with Crippen molar-refractivity contribution in [2.75, 3.05) is 12.8 Å². The molecule has 1 N–H and O–H groups in total. The van der Waals surface area contributed by atoms with Gasteiger partial charge in [-0.05, 0) is 31.6 Å². The quantitative estimate of drug-likeness (QED) is 0.745. The summed E-state index contributed by atoms with van der Waals surface area (Å²) in [4.78, 5) is 14.3. The molecule has 1 aromatic carbocycles. The Morgan fingerprint density at radius 1 is 1.44 bits per heavy atom. The Balaban J connectivity index is 2.05. The highest BCUT2D eigenvalue weighted by molar-refractivity contribution is 7.94. The fourth-order valence-electron chi connectivity index (χ4n) is 2.71. The van der Waals surface area contributed by atoms with Gasteiger partial charge in [-0.3, -0.25) is 4.79 Å². The fraction of sp³-hybridized carbons (Fsp3) is 0.389. The van der Waals surface area contributed by atoms with Gasteiger partial charge >= 0.3 is 0 Å². The molecule has 2 atom stereocenters. The maximum absolute atomic E-state index is 12.6. The summed E-state index contributed by atoms with van der Waals surface area (Å²) in [6.45, 7) is 5.97. The molecule has 25 heavy (non-hydrogen) atoms. The summed E-state index contributed by atoms with van der Waals surface area (Å²) in [6, 6.07) is 9.60. The molecule has 2 rings (SSSR count). The molecule has 1 heterocycles. The summed E-state index contributed by atoms with van der Waals surface area (Å²) in [7, 11) is -3.59. The average Bonchev–Trinajstić information content (AvgIpc) is 2.92. The van der Waals surface area contributed by atoms with Crippen LogP contribution in [0.5, 0.6) is 0 Å². The first-order chi connectivity index (χ1) is 11.7. The number of hydrogen-bond donors (Lipinski definition) is 1. The maximum atomic E-state index is 12.6. The number of hydrogen-bond acceptors (Lipinski definition) is 5. The molecular weight excluding hydrogens is 342 g/mol. The van der Waals surface area contributed by atoms with Gasteiger partial charge < -0.3 is 14.7 Å². The van der Waals surface area contributed by atoms with Crippen LogP contribution in [0.4, 0.5) is 0 Å². The standard InChI is InChI=1S/C18H23NO5S/c1-4-16(24-13(2)25(3,22)23)17(20)15-10-11-19(18(15)21)12-14-8-6-5-7-9-14/h4-9,15,17,20H,2,10-12H2,1,3H3/b16-4-. The van der Waals surface area contributed by atoms with Crippen LogP contribution in [-0.2, 0) is 25.9 Å². The van der Waals surface area contributed by atoms with E-state index in [1.165, 1.54) is 6.08 Å². The van der Waals surface area contributed by atoms with E-state index in [1.807, 2.05) is 30.3 Å². The monoisotopic (exact) mass is 365 g/mol. The summed E-state index contributed by atoms with van der Waals surface area (Å²) in [5.74, 6) is -0.818. The Kier molecular flexibility index (Phi) is 6.02. The van der Waals surface area contributed by atoms with E-state index in [-0.39, 0.29) is 11.7 Å². The molecule has 1 amide bonds. The molecule has 0 aromatic heterocycles. The Morgan fingerprint density at radius 2 is 2.08 bits per heavy atom. The molecular formula is C18H23NO5S. The van der Waals surface area contributed by atoms with Crippen molar-refractivity contribution in [3.05, 3.63) is 59.4 Å². The van der Waals surface area contributed by atoms with Gasteiger partial charge in [-0.15, -0.1) is 0 Å². The number of aliphatic hydroxyl groups is 1. The average molecular weight is 365 g/mol. The van der Waals surface area contributed by atoms with Gasteiger partial charge in [0.15, 0.2) is 0 Å². The van der Waals surface area contributed by atoms with Crippen molar-refractivity contribution < 1.29 is 23.1 Å². The first kappa shape index (κ1) is 19.2. The zero-order chi connectivity index (χ0) is 18.6. The number of allylic oxidation sites excluding steroid dienone is 1. The Hall–Kier alpha value is -2.12. The van der Waals surface area contributed by atoms with Crippen molar-refractivity contribution in [3.8, 4) is 0 Å². The van der Waals surface area contributed by atoms with E-state index in [2.05, 4.69) is 6.58 Å². The minimum absolute atomic E-state index is 0.0235. The number of carbonyl (C=O) groups excluding carboxylic acids is 1. The largest absolute Gasteiger partial charge is 0.448 e. The van der Waals surface area contributed by atoms with E-state index >= 15 is 0 Å². The molecule has 0 saturated carbocycles. The smallest absolute Gasteiger partial charge is 0.229 e. The molecule has 0 aliphatic carbocycles. The van der Waals surface area contributed by atoms with E-state index in [0.29, 0.717) is 19.5 Å². The van der Waals surface area contributed by atoms with Crippen LogP contribution in [0.2, 0.25) is 0 Å². The second kappa shape index (κ2) is 7.84. The minimum atomic E-state index is -3.59. The molecule has 136 valence electrons. The van der Waals surface area contributed by atoms with E-state index in [0.717, 1.165) is 11.8 Å². The lowest BCUT2D eigenvalue weighted by molar-refractivity contribution is -0.134. The molecule has 0 radical (unpaired) electrons. The highest BCUT2D eigenvalue weighted by Gasteiger charge is 2.39. The molecule has 0 spiro atoms. The number of aliphatic hydroxyl groups excluding tert-OH is 1. The molecule has 1 aliphatic rings. The van der Waals surface area contributed by atoms with Crippen LogP contribution in [0.3, 0.4) is 0 Å². The summed E-state index contributed by atoms with van der Waals surface area (Å²) in [5.41, 5.74) is 1.01. The van der Waals surface area contributed by atoms with Crippen LogP contribution >= 0.6 is 0 Å². The summed E-state index contributed by atoms with van der Waals surface area (Å²) in [6.07, 6.45) is 1.68. The third-order valence-corrected chi connectivity index (χ3v) is 5.07. The van der Waals surface area contributed by atoms with E-state index in [9.17, 15) is 18.3 Å². The lowest BCUT2D eigenvalue weighted by Gasteiger charge is -2.22. The number of ether oxygens (including phenoxy) is 1. The Bertz CT molecular complexity index is 770. The van der Waals surface area contributed by atoms with E-state index in [4.69, 9.17) is 4.74 Å². The second-order valence-electron chi connectivity index (χ2n) is 6.02. The topological polar surface area (TPSA) is 83.9 Å². The number of benzene rings is 1. The molecule has 0 bridgehead atoms. The molecule has 1 aromatic rings. The molecule has 1 fully saturated rings. The number of rotatable bonds is 7. The zero-order valence-electron chi connectivity index (χ0n) is 14.4. The van der Waals surface area contributed by atoms with Crippen molar-refractivity contribution in [1.29, 1.82) is 0 Å².